The van der Waals surface area contributed by atoms with Crippen LogP contribution in [0.4, 0.5) is 0 Å². The van der Waals surface area contributed by atoms with Crippen molar-refractivity contribution in [1.82, 2.24) is 4.98 Å². The zero-order valence-corrected chi connectivity index (χ0v) is 17.1. The Morgan fingerprint density at radius 2 is 1.23 bits per heavy atom. The standard InChI is InChI=1S/C29H21N/c1-29(2)25-14-19-9-4-3-8-18(19)13-22(25)23-15-24-21-12-11-17-7-5-6-10-20(17)28(21)30-27(24)16-26(23)29/h3-16,30H,1-2H3. The monoisotopic (exact) mass is 383 g/mol. The first-order chi connectivity index (χ1) is 14.6. The summed E-state index contributed by atoms with van der Waals surface area (Å²) in [7, 11) is 0. The summed E-state index contributed by atoms with van der Waals surface area (Å²) in [5, 5.41) is 7.81. The van der Waals surface area contributed by atoms with Crippen molar-refractivity contribution in [3.05, 3.63) is 96.1 Å². The Labute approximate surface area is 175 Å². The molecular formula is C29H21N. The molecule has 0 amide bonds. The Morgan fingerprint density at radius 1 is 0.567 bits per heavy atom. The Morgan fingerprint density at radius 3 is 2.07 bits per heavy atom. The first-order valence-electron chi connectivity index (χ1n) is 10.6. The molecule has 7 rings (SSSR count). The van der Waals surface area contributed by atoms with Crippen LogP contribution in [0.15, 0.2) is 84.9 Å². The molecule has 30 heavy (non-hydrogen) atoms. The summed E-state index contributed by atoms with van der Waals surface area (Å²) < 4.78 is 0. The lowest BCUT2D eigenvalue weighted by atomic mass is 9.81. The van der Waals surface area contributed by atoms with Crippen LogP contribution >= 0.6 is 0 Å². The predicted molar refractivity (Wildman–Crippen MR) is 128 cm³/mol. The van der Waals surface area contributed by atoms with Gasteiger partial charge in [-0.25, -0.2) is 0 Å². The fourth-order valence-corrected chi connectivity index (χ4v) is 5.56. The van der Waals surface area contributed by atoms with Crippen molar-refractivity contribution < 1.29 is 0 Å². The molecule has 0 spiro atoms. The Balaban J connectivity index is 1.60. The number of hydrogen-bond acceptors (Lipinski definition) is 0. The number of benzene rings is 5. The predicted octanol–water partition coefficient (Wildman–Crippen LogP) is 7.93. The molecular weight excluding hydrogens is 362 g/mol. The van der Waals surface area contributed by atoms with Gasteiger partial charge in [0.05, 0.1) is 5.52 Å². The molecule has 0 unspecified atom stereocenters. The number of aromatic nitrogens is 1. The van der Waals surface area contributed by atoms with Crippen LogP contribution in [0.5, 0.6) is 0 Å². The van der Waals surface area contributed by atoms with Crippen molar-refractivity contribution in [2.45, 2.75) is 19.3 Å². The summed E-state index contributed by atoms with van der Waals surface area (Å²) in [6, 6.07) is 31.4. The third-order valence-electron chi connectivity index (χ3n) is 7.16. The normalized spacial score (nSPS) is 14.6. The maximum atomic E-state index is 3.75. The first-order valence-corrected chi connectivity index (χ1v) is 10.6. The van der Waals surface area contributed by atoms with Gasteiger partial charge in [0.15, 0.2) is 0 Å². The molecule has 0 saturated carbocycles. The van der Waals surface area contributed by atoms with E-state index >= 15 is 0 Å². The van der Waals surface area contributed by atoms with Crippen LogP contribution in [0.2, 0.25) is 0 Å². The van der Waals surface area contributed by atoms with Crippen LogP contribution in [0.25, 0.3) is 54.5 Å². The lowest BCUT2D eigenvalue weighted by Crippen LogP contribution is -2.14. The minimum atomic E-state index is -0.0117. The van der Waals surface area contributed by atoms with Crippen LogP contribution in [0.1, 0.15) is 25.0 Å². The second-order valence-electron chi connectivity index (χ2n) is 9.15. The highest BCUT2D eigenvalue weighted by atomic mass is 14.7. The van der Waals surface area contributed by atoms with Crippen LogP contribution in [0.3, 0.4) is 0 Å². The van der Waals surface area contributed by atoms with E-state index in [2.05, 4.69) is 104 Å². The van der Waals surface area contributed by atoms with Gasteiger partial charge in [0.25, 0.3) is 0 Å². The van der Waals surface area contributed by atoms with E-state index in [1.54, 1.807) is 0 Å². The largest absolute Gasteiger partial charge is 0.354 e. The molecule has 0 fully saturated rings. The van der Waals surface area contributed by atoms with Crippen LogP contribution in [-0.4, -0.2) is 4.98 Å². The average Bonchev–Trinajstić information content (AvgIpc) is 3.24. The molecule has 0 atom stereocenters. The van der Waals surface area contributed by atoms with Crippen molar-refractivity contribution in [2.24, 2.45) is 0 Å². The summed E-state index contributed by atoms with van der Waals surface area (Å²) >= 11 is 0. The second-order valence-corrected chi connectivity index (χ2v) is 9.15. The number of rotatable bonds is 0. The van der Waals surface area contributed by atoms with Gasteiger partial charge in [-0.3, -0.25) is 0 Å². The van der Waals surface area contributed by atoms with Gasteiger partial charge < -0.3 is 4.98 Å². The highest BCUT2D eigenvalue weighted by Gasteiger charge is 2.36. The van der Waals surface area contributed by atoms with Crippen molar-refractivity contribution >= 4 is 43.4 Å². The molecule has 0 radical (unpaired) electrons. The number of nitrogens with one attached hydrogen (secondary N) is 1. The maximum absolute atomic E-state index is 3.75. The molecule has 1 heterocycles. The molecule has 0 saturated heterocycles. The zero-order valence-electron chi connectivity index (χ0n) is 17.1. The van der Waals surface area contributed by atoms with E-state index in [-0.39, 0.29) is 5.41 Å². The third-order valence-corrected chi connectivity index (χ3v) is 7.16. The van der Waals surface area contributed by atoms with Crippen molar-refractivity contribution in [2.75, 3.05) is 0 Å². The summed E-state index contributed by atoms with van der Waals surface area (Å²) in [6.07, 6.45) is 0. The molecule has 0 aliphatic heterocycles. The average molecular weight is 383 g/mol. The number of aromatic amines is 1. The second kappa shape index (κ2) is 5.31. The number of hydrogen-bond donors (Lipinski definition) is 1. The van der Waals surface area contributed by atoms with Crippen LogP contribution in [-0.2, 0) is 5.41 Å². The topological polar surface area (TPSA) is 15.8 Å². The van der Waals surface area contributed by atoms with Gasteiger partial charge in [-0.1, -0.05) is 74.5 Å². The number of H-pyrrole nitrogens is 1. The maximum Gasteiger partial charge on any atom is 0.0544 e. The lowest BCUT2D eigenvalue weighted by molar-refractivity contribution is 0.662. The highest BCUT2D eigenvalue weighted by Crippen LogP contribution is 2.51. The molecule has 1 heteroatoms. The van der Waals surface area contributed by atoms with Crippen molar-refractivity contribution in [3.63, 3.8) is 0 Å². The third kappa shape index (κ3) is 1.92. The smallest absolute Gasteiger partial charge is 0.0544 e. The quantitative estimate of drug-likeness (QED) is 0.274. The Kier molecular flexibility index (Phi) is 2.88. The van der Waals surface area contributed by atoms with E-state index in [9.17, 15) is 0 Å². The minimum absolute atomic E-state index is 0.0117. The first kappa shape index (κ1) is 16.2. The van der Waals surface area contributed by atoms with Gasteiger partial charge >= 0.3 is 0 Å². The molecule has 1 N–H and O–H groups in total. The fourth-order valence-electron chi connectivity index (χ4n) is 5.56. The van der Waals surface area contributed by atoms with Crippen molar-refractivity contribution in [3.8, 4) is 11.1 Å². The van der Waals surface area contributed by atoms with Crippen molar-refractivity contribution in [1.29, 1.82) is 0 Å². The van der Waals surface area contributed by atoms with E-state index in [4.69, 9.17) is 0 Å². The molecule has 0 bridgehead atoms. The van der Waals surface area contributed by atoms with E-state index in [0.29, 0.717) is 0 Å². The lowest BCUT2D eigenvalue weighted by Gasteiger charge is -2.21. The fraction of sp³-hybridized carbons (Fsp3) is 0.103. The minimum Gasteiger partial charge on any atom is -0.354 e. The summed E-state index contributed by atoms with van der Waals surface area (Å²) in [5.41, 5.74) is 8.05. The molecule has 6 aromatic rings. The van der Waals surface area contributed by atoms with Gasteiger partial charge in [0.2, 0.25) is 0 Å². The SMILES string of the molecule is CC1(C)c2cc3ccccc3cc2-c2cc3c(cc21)[nH]c1c2ccccc2ccc31. The summed E-state index contributed by atoms with van der Waals surface area (Å²) in [4.78, 5) is 3.75. The van der Waals surface area contributed by atoms with Gasteiger partial charge in [-0.05, 0) is 62.7 Å². The molecule has 1 aromatic heterocycles. The van der Waals surface area contributed by atoms with Gasteiger partial charge in [-0.15, -0.1) is 0 Å². The Hall–Kier alpha value is -3.58. The molecule has 1 nitrogen and oxygen atoms in total. The molecule has 5 aromatic carbocycles. The van der Waals surface area contributed by atoms with Gasteiger partial charge in [0, 0.05) is 27.1 Å². The van der Waals surface area contributed by atoms with E-state index in [1.165, 1.54) is 65.6 Å². The molecule has 1 aliphatic carbocycles. The highest BCUT2D eigenvalue weighted by molar-refractivity contribution is 6.18. The summed E-state index contributed by atoms with van der Waals surface area (Å²) in [5.74, 6) is 0. The molecule has 1 aliphatic rings. The van der Waals surface area contributed by atoms with E-state index in [0.717, 1.165) is 0 Å². The Bertz CT molecular complexity index is 1660. The number of fused-ring (bicyclic) bond motifs is 9. The van der Waals surface area contributed by atoms with Gasteiger partial charge in [-0.2, -0.15) is 0 Å². The van der Waals surface area contributed by atoms with E-state index in [1.807, 2.05) is 0 Å². The van der Waals surface area contributed by atoms with Crippen LogP contribution < -0.4 is 0 Å². The molecule has 142 valence electrons. The van der Waals surface area contributed by atoms with Gasteiger partial charge in [0.1, 0.15) is 0 Å². The van der Waals surface area contributed by atoms with E-state index < -0.39 is 0 Å². The zero-order chi connectivity index (χ0) is 20.0. The summed E-state index contributed by atoms with van der Waals surface area (Å²) in [6.45, 7) is 4.71. The van der Waals surface area contributed by atoms with Crippen LogP contribution in [0, 0.1) is 0 Å².